The second kappa shape index (κ2) is 8.32. The maximum Gasteiger partial charge on any atom is 0.169 e. The molecular formula is C10H16BrCl2FN2O. The minimum atomic E-state index is -0.403. The van der Waals surface area contributed by atoms with E-state index in [2.05, 4.69) is 26.1 Å². The van der Waals surface area contributed by atoms with E-state index in [0.717, 1.165) is 26.2 Å². The molecule has 7 heteroatoms. The Morgan fingerprint density at radius 2 is 2.00 bits per heavy atom. The Morgan fingerprint density at radius 1 is 1.35 bits per heavy atom. The molecule has 1 aliphatic heterocycles. The molecule has 1 fully saturated rings. The topological polar surface area (TPSA) is 28.4 Å². The van der Waals surface area contributed by atoms with Crippen molar-refractivity contribution in [1.82, 2.24) is 10.2 Å². The van der Waals surface area contributed by atoms with E-state index in [1.54, 1.807) is 6.07 Å². The minimum absolute atomic E-state index is 0. The summed E-state index contributed by atoms with van der Waals surface area (Å²) < 4.78 is 19.1. The van der Waals surface area contributed by atoms with Gasteiger partial charge in [0.25, 0.3) is 0 Å². The first-order chi connectivity index (χ1) is 7.31. The molecule has 1 aromatic rings. The van der Waals surface area contributed by atoms with Gasteiger partial charge in [0.05, 0.1) is 6.04 Å². The predicted molar refractivity (Wildman–Crippen MR) is 74.1 cm³/mol. The quantitative estimate of drug-likeness (QED) is 0.909. The Bertz CT molecular complexity index is 321. The van der Waals surface area contributed by atoms with Crippen molar-refractivity contribution < 1.29 is 8.81 Å². The van der Waals surface area contributed by atoms with Crippen LogP contribution in [0.5, 0.6) is 0 Å². The number of hydrogen-bond donors (Lipinski definition) is 1. The molecule has 0 saturated carbocycles. The van der Waals surface area contributed by atoms with Gasteiger partial charge >= 0.3 is 0 Å². The Labute approximate surface area is 121 Å². The number of hydrogen-bond acceptors (Lipinski definition) is 3. The van der Waals surface area contributed by atoms with E-state index in [1.165, 1.54) is 0 Å². The van der Waals surface area contributed by atoms with Gasteiger partial charge in [-0.15, -0.1) is 24.8 Å². The molecule has 0 aromatic carbocycles. The van der Waals surface area contributed by atoms with Crippen LogP contribution in [0.1, 0.15) is 11.8 Å². The molecule has 3 nitrogen and oxygen atoms in total. The Hall–Kier alpha value is 0.190. The molecule has 1 N–H and O–H groups in total. The van der Waals surface area contributed by atoms with Crippen LogP contribution in [0.2, 0.25) is 0 Å². The molecular weight excluding hydrogens is 334 g/mol. The van der Waals surface area contributed by atoms with Gasteiger partial charge in [-0.2, -0.15) is 0 Å². The van der Waals surface area contributed by atoms with E-state index in [0.29, 0.717) is 10.4 Å². The van der Waals surface area contributed by atoms with Gasteiger partial charge in [0.15, 0.2) is 4.67 Å². The van der Waals surface area contributed by atoms with E-state index in [1.807, 2.05) is 6.07 Å². The van der Waals surface area contributed by atoms with Gasteiger partial charge < -0.3 is 9.73 Å². The zero-order valence-corrected chi connectivity index (χ0v) is 12.4. The lowest BCUT2D eigenvalue weighted by Gasteiger charge is -2.32. The van der Waals surface area contributed by atoms with Gasteiger partial charge in [-0.3, -0.25) is 4.90 Å². The molecule has 100 valence electrons. The van der Waals surface area contributed by atoms with Crippen molar-refractivity contribution in [2.24, 2.45) is 0 Å². The SMILES string of the molecule is Cl.Cl.FC[C@@H](c1ccc(Br)o1)N1CCNCC1. The monoisotopic (exact) mass is 348 g/mol. The number of rotatable bonds is 3. The first-order valence-electron chi connectivity index (χ1n) is 5.07. The fraction of sp³-hybridized carbons (Fsp3) is 0.600. The normalized spacial score (nSPS) is 18.0. The summed E-state index contributed by atoms with van der Waals surface area (Å²) in [4.78, 5) is 2.11. The lowest BCUT2D eigenvalue weighted by Crippen LogP contribution is -2.45. The number of piperazine rings is 1. The minimum Gasteiger partial charge on any atom is -0.453 e. The zero-order valence-electron chi connectivity index (χ0n) is 9.20. The molecule has 0 spiro atoms. The highest BCUT2D eigenvalue weighted by Crippen LogP contribution is 2.25. The molecule has 0 amide bonds. The first-order valence-corrected chi connectivity index (χ1v) is 5.86. The van der Waals surface area contributed by atoms with Crippen molar-refractivity contribution >= 4 is 40.7 Å². The van der Waals surface area contributed by atoms with Crippen LogP contribution in [0, 0.1) is 0 Å². The summed E-state index contributed by atoms with van der Waals surface area (Å²) >= 11 is 3.23. The van der Waals surface area contributed by atoms with E-state index >= 15 is 0 Å². The third-order valence-corrected chi connectivity index (χ3v) is 3.09. The number of furan rings is 1. The maximum absolute atomic E-state index is 13.0. The van der Waals surface area contributed by atoms with Gasteiger partial charge in [-0.25, -0.2) is 4.39 Å². The van der Waals surface area contributed by atoms with E-state index in [4.69, 9.17) is 4.42 Å². The summed E-state index contributed by atoms with van der Waals surface area (Å²) in [6.45, 7) is 3.16. The Kier molecular flexibility index (Phi) is 8.41. The van der Waals surface area contributed by atoms with Crippen LogP contribution in [0.15, 0.2) is 21.2 Å². The molecule has 1 aliphatic rings. The molecule has 0 aliphatic carbocycles. The second-order valence-electron chi connectivity index (χ2n) is 3.60. The average Bonchev–Trinajstić information content (AvgIpc) is 2.68. The smallest absolute Gasteiger partial charge is 0.169 e. The maximum atomic E-state index is 13.0. The summed E-state index contributed by atoms with van der Waals surface area (Å²) in [7, 11) is 0. The number of halogens is 4. The summed E-state index contributed by atoms with van der Waals surface area (Å²) in [5, 5.41) is 3.25. The largest absolute Gasteiger partial charge is 0.453 e. The highest BCUT2D eigenvalue weighted by molar-refractivity contribution is 9.10. The second-order valence-corrected chi connectivity index (χ2v) is 4.38. The lowest BCUT2D eigenvalue weighted by atomic mass is 10.2. The number of nitrogens with zero attached hydrogens (tertiary/aromatic N) is 1. The third-order valence-electron chi connectivity index (χ3n) is 2.66. The van der Waals surface area contributed by atoms with Crippen molar-refractivity contribution in [2.75, 3.05) is 32.9 Å². The van der Waals surface area contributed by atoms with Crippen LogP contribution < -0.4 is 5.32 Å². The van der Waals surface area contributed by atoms with Crippen LogP contribution in [-0.4, -0.2) is 37.8 Å². The van der Waals surface area contributed by atoms with Gasteiger partial charge in [0, 0.05) is 26.2 Å². The highest BCUT2D eigenvalue weighted by atomic mass is 79.9. The molecule has 17 heavy (non-hydrogen) atoms. The van der Waals surface area contributed by atoms with Gasteiger partial charge in [-0.1, -0.05) is 0 Å². The standard InChI is InChI=1S/C10H14BrFN2O.2ClH/c11-10-2-1-9(15-10)8(7-12)14-5-3-13-4-6-14;;/h1-2,8,13H,3-7H2;2*1H/t8-;;/m0../s1. The van der Waals surface area contributed by atoms with E-state index in [9.17, 15) is 4.39 Å². The molecule has 0 bridgehead atoms. The van der Waals surface area contributed by atoms with E-state index in [-0.39, 0.29) is 30.9 Å². The van der Waals surface area contributed by atoms with Crippen LogP contribution in [0.3, 0.4) is 0 Å². The first kappa shape index (κ1) is 17.2. The van der Waals surface area contributed by atoms with Crippen molar-refractivity contribution in [1.29, 1.82) is 0 Å². The molecule has 2 rings (SSSR count). The fourth-order valence-corrected chi connectivity index (χ4v) is 2.17. The van der Waals surface area contributed by atoms with Gasteiger partial charge in [0.2, 0.25) is 0 Å². The zero-order chi connectivity index (χ0) is 10.7. The number of alkyl halides is 1. The van der Waals surface area contributed by atoms with Crippen molar-refractivity contribution in [2.45, 2.75) is 6.04 Å². The fourth-order valence-electron chi connectivity index (χ4n) is 1.85. The summed E-state index contributed by atoms with van der Waals surface area (Å²) in [6, 6.07) is 3.40. The lowest BCUT2D eigenvalue weighted by molar-refractivity contribution is 0.129. The van der Waals surface area contributed by atoms with Crippen LogP contribution >= 0.6 is 40.7 Å². The van der Waals surface area contributed by atoms with E-state index < -0.39 is 6.67 Å². The molecule has 2 heterocycles. The average molecular weight is 350 g/mol. The molecule has 1 saturated heterocycles. The van der Waals surface area contributed by atoms with Crippen LogP contribution in [-0.2, 0) is 0 Å². The molecule has 0 radical (unpaired) electrons. The highest BCUT2D eigenvalue weighted by Gasteiger charge is 2.24. The van der Waals surface area contributed by atoms with Gasteiger partial charge in [-0.05, 0) is 28.1 Å². The summed E-state index contributed by atoms with van der Waals surface area (Å²) in [5.41, 5.74) is 0. The molecule has 0 unspecified atom stereocenters. The van der Waals surface area contributed by atoms with Gasteiger partial charge in [0.1, 0.15) is 12.4 Å². The van der Waals surface area contributed by atoms with Crippen LogP contribution in [0.25, 0.3) is 0 Å². The Balaban J connectivity index is 0.00000128. The predicted octanol–water partition coefficient (Wildman–Crippen LogP) is 2.80. The summed E-state index contributed by atoms with van der Waals surface area (Å²) in [5.74, 6) is 0.700. The third kappa shape index (κ3) is 4.41. The number of nitrogens with one attached hydrogen (secondary N) is 1. The Morgan fingerprint density at radius 3 is 2.47 bits per heavy atom. The van der Waals surface area contributed by atoms with Crippen LogP contribution in [0.4, 0.5) is 4.39 Å². The van der Waals surface area contributed by atoms with Crippen molar-refractivity contribution in [3.8, 4) is 0 Å². The van der Waals surface area contributed by atoms with Crippen molar-refractivity contribution in [3.05, 3.63) is 22.6 Å². The van der Waals surface area contributed by atoms with Crippen molar-refractivity contribution in [3.63, 3.8) is 0 Å². The molecule has 1 atom stereocenters. The summed E-state index contributed by atoms with van der Waals surface area (Å²) in [6.07, 6.45) is 0. The molecule has 1 aromatic heterocycles.